The monoisotopic (exact) mass is 553 g/mol. The molecule has 1 fully saturated rings. The van der Waals surface area contributed by atoms with Gasteiger partial charge in [-0.25, -0.2) is 9.89 Å². The first-order chi connectivity index (χ1) is 19.9. The second kappa shape index (κ2) is 11.5. The lowest BCUT2D eigenvalue weighted by molar-refractivity contribution is -0.131. The van der Waals surface area contributed by atoms with Gasteiger partial charge in [0.15, 0.2) is 11.4 Å². The van der Waals surface area contributed by atoms with Gasteiger partial charge in [-0.1, -0.05) is 60.7 Å². The number of hydrogen-bond donors (Lipinski definition) is 2. The Labute approximate surface area is 236 Å². The Morgan fingerprint density at radius 1 is 1.12 bits per heavy atom. The highest BCUT2D eigenvalue weighted by Crippen LogP contribution is 2.25. The molecule has 0 radical (unpaired) electrons. The number of rotatable bonds is 9. The van der Waals surface area contributed by atoms with Gasteiger partial charge >= 0.3 is 5.76 Å². The van der Waals surface area contributed by atoms with Crippen molar-refractivity contribution in [3.63, 3.8) is 0 Å². The molecule has 0 unspecified atom stereocenters. The Bertz CT molecular complexity index is 1680. The second-order valence-corrected chi connectivity index (χ2v) is 10.5. The Morgan fingerprint density at radius 3 is 2.61 bits per heavy atom. The van der Waals surface area contributed by atoms with Crippen LogP contribution in [0.25, 0.3) is 22.5 Å². The maximum absolute atomic E-state index is 13.6. The number of fused-ring (bicyclic) bond motifs is 1. The number of aromatic nitrogens is 5. The van der Waals surface area contributed by atoms with E-state index in [0.29, 0.717) is 36.6 Å². The van der Waals surface area contributed by atoms with E-state index < -0.39 is 5.76 Å². The molecule has 41 heavy (non-hydrogen) atoms. The fourth-order valence-electron chi connectivity index (χ4n) is 5.42. The number of amides is 1. The normalized spacial score (nSPS) is 16.3. The minimum Gasteiger partial charge on any atom is -0.408 e. The van der Waals surface area contributed by atoms with Crippen molar-refractivity contribution in [1.29, 1.82) is 0 Å². The average Bonchev–Trinajstić information content (AvgIpc) is 3.74. The summed E-state index contributed by atoms with van der Waals surface area (Å²) in [7, 11) is 1.83. The largest absolute Gasteiger partial charge is 0.420 e. The smallest absolute Gasteiger partial charge is 0.408 e. The molecule has 3 heterocycles. The van der Waals surface area contributed by atoms with Crippen LogP contribution in [0.3, 0.4) is 0 Å². The summed E-state index contributed by atoms with van der Waals surface area (Å²) in [5, 5.41) is 23.9. The lowest BCUT2D eigenvalue weighted by atomic mass is 10.0. The van der Waals surface area contributed by atoms with E-state index >= 15 is 0 Å². The first kappa shape index (κ1) is 26.6. The first-order valence-corrected chi connectivity index (χ1v) is 13.6. The van der Waals surface area contributed by atoms with E-state index in [0.717, 1.165) is 35.2 Å². The zero-order valence-corrected chi connectivity index (χ0v) is 22.7. The van der Waals surface area contributed by atoms with Gasteiger partial charge in [0.1, 0.15) is 0 Å². The molecular formula is C30H31N7O4. The number of β-amino-alcohol motifs (C(OH)–C–C–N with tert-alkyl or cyclic N) is 1. The number of benzene rings is 3. The van der Waals surface area contributed by atoms with Crippen LogP contribution in [-0.4, -0.2) is 78.8 Å². The second-order valence-electron chi connectivity index (χ2n) is 10.5. The van der Waals surface area contributed by atoms with E-state index in [9.17, 15) is 14.7 Å². The molecule has 1 amide bonds. The Hall–Kier alpha value is -4.61. The van der Waals surface area contributed by atoms with Gasteiger partial charge < -0.3 is 14.4 Å². The van der Waals surface area contributed by atoms with Gasteiger partial charge in [0.25, 0.3) is 0 Å². The van der Waals surface area contributed by atoms with Crippen LogP contribution < -0.4 is 5.76 Å². The average molecular weight is 554 g/mol. The van der Waals surface area contributed by atoms with Gasteiger partial charge in [0.05, 0.1) is 30.6 Å². The standard InChI is InChI=1S/C30H31N7O4/c1-35(26(22-5-3-2-4-6-22)19-36-14-13-24(38)18-36)28(39)16-21-9-12-27-25(15-21)37(30(40)41-27)17-20-7-10-23(11-8-20)29-31-33-34-32-29/h2-12,15,24,26,38H,13-14,16-19H2,1H3,(H,31,32,33,34)/t24-,26-/m1/s1. The Balaban J connectivity index is 1.21. The molecule has 3 aromatic carbocycles. The summed E-state index contributed by atoms with van der Waals surface area (Å²) in [5.41, 5.74) is 4.69. The van der Waals surface area contributed by atoms with Gasteiger partial charge in [0, 0.05) is 32.2 Å². The number of likely N-dealkylation sites (N-methyl/N-ethyl adjacent to an activating group) is 1. The van der Waals surface area contributed by atoms with Crippen molar-refractivity contribution in [2.24, 2.45) is 0 Å². The third kappa shape index (κ3) is 5.81. The van der Waals surface area contributed by atoms with Crippen LogP contribution in [0.2, 0.25) is 0 Å². The van der Waals surface area contributed by atoms with E-state index in [1.807, 2.05) is 73.8 Å². The number of oxazole rings is 1. The number of tetrazole rings is 1. The zero-order valence-electron chi connectivity index (χ0n) is 22.7. The van der Waals surface area contributed by atoms with Gasteiger partial charge in [-0.15, -0.1) is 5.10 Å². The highest BCUT2D eigenvalue weighted by atomic mass is 16.4. The fraction of sp³-hybridized carbons (Fsp3) is 0.300. The maximum Gasteiger partial charge on any atom is 0.420 e. The van der Waals surface area contributed by atoms with Crippen molar-refractivity contribution in [1.82, 2.24) is 35.0 Å². The van der Waals surface area contributed by atoms with Crippen molar-refractivity contribution < 1.29 is 14.3 Å². The first-order valence-electron chi connectivity index (χ1n) is 13.6. The van der Waals surface area contributed by atoms with E-state index in [2.05, 4.69) is 25.5 Å². The van der Waals surface area contributed by atoms with Gasteiger partial charge in [0.2, 0.25) is 5.91 Å². The molecular weight excluding hydrogens is 522 g/mol. The van der Waals surface area contributed by atoms with Crippen molar-refractivity contribution in [3.05, 3.63) is 100 Å². The summed E-state index contributed by atoms with van der Waals surface area (Å²) in [6.45, 7) is 2.38. The molecule has 1 saturated heterocycles. The summed E-state index contributed by atoms with van der Waals surface area (Å²) in [6, 6.07) is 22.9. The van der Waals surface area contributed by atoms with Crippen molar-refractivity contribution in [3.8, 4) is 11.4 Å². The summed E-state index contributed by atoms with van der Waals surface area (Å²) in [4.78, 5) is 30.3. The summed E-state index contributed by atoms with van der Waals surface area (Å²) >= 11 is 0. The molecule has 1 aliphatic rings. The van der Waals surface area contributed by atoms with Crippen LogP contribution >= 0.6 is 0 Å². The van der Waals surface area contributed by atoms with Gasteiger partial charge in [-0.3, -0.25) is 14.3 Å². The summed E-state index contributed by atoms with van der Waals surface area (Å²) in [6.07, 6.45) is 0.599. The molecule has 11 heteroatoms. The number of nitrogens with zero attached hydrogens (tertiary/aromatic N) is 6. The van der Waals surface area contributed by atoms with E-state index in [1.54, 1.807) is 15.5 Å². The van der Waals surface area contributed by atoms with Crippen LogP contribution in [0.5, 0.6) is 0 Å². The number of likely N-dealkylation sites (tertiary alicyclic amines) is 1. The topological polar surface area (TPSA) is 133 Å². The minimum absolute atomic E-state index is 0.0344. The van der Waals surface area contributed by atoms with Gasteiger partial charge in [-0.05, 0) is 45.7 Å². The van der Waals surface area contributed by atoms with Crippen LogP contribution in [0, 0.1) is 0 Å². The third-order valence-electron chi connectivity index (χ3n) is 7.72. The molecule has 5 aromatic rings. The molecule has 11 nitrogen and oxygen atoms in total. The highest BCUT2D eigenvalue weighted by molar-refractivity contribution is 5.81. The van der Waals surface area contributed by atoms with E-state index in [4.69, 9.17) is 4.42 Å². The number of aromatic amines is 1. The third-order valence-corrected chi connectivity index (χ3v) is 7.72. The van der Waals surface area contributed by atoms with Crippen LogP contribution in [0.15, 0.2) is 82.0 Å². The molecule has 0 spiro atoms. The van der Waals surface area contributed by atoms with Crippen LogP contribution in [0.4, 0.5) is 0 Å². The van der Waals surface area contributed by atoms with Crippen molar-refractivity contribution in [2.75, 3.05) is 26.7 Å². The molecule has 210 valence electrons. The molecule has 1 aliphatic heterocycles. The van der Waals surface area contributed by atoms with Gasteiger partial charge in [-0.2, -0.15) is 0 Å². The molecule has 2 atom stereocenters. The van der Waals surface area contributed by atoms with E-state index in [1.165, 1.54) is 0 Å². The minimum atomic E-state index is -0.457. The molecule has 0 aliphatic carbocycles. The quantitative estimate of drug-likeness (QED) is 0.285. The Kier molecular flexibility index (Phi) is 7.45. The summed E-state index contributed by atoms with van der Waals surface area (Å²) in [5.74, 6) is 0.0724. The number of carbonyl (C=O) groups excluding carboxylic acids is 1. The van der Waals surface area contributed by atoms with Crippen molar-refractivity contribution in [2.45, 2.75) is 31.5 Å². The van der Waals surface area contributed by atoms with E-state index in [-0.39, 0.29) is 24.5 Å². The molecule has 2 aromatic heterocycles. The van der Waals surface area contributed by atoms with Crippen LogP contribution in [0.1, 0.15) is 29.2 Å². The highest BCUT2D eigenvalue weighted by Gasteiger charge is 2.28. The number of H-pyrrole nitrogens is 1. The maximum atomic E-state index is 13.6. The SMILES string of the molecule is CN(C(=O)Cc1ccc2oc(=O)n(Cc3ccc(-c4nnn[nH]4)cc3)c2c1)[C@H](CN1CC[C@@H](O)C1)c1ccccc1. The van der Waals surface area contributed by atoms with Crippen LogP contribution in [-0.2, 0) is 17.8 Å². The molecule has 0 saturated carbocycles. The zero-order chi connectivity index (χ0) is 28.3. The number of aliphatic hydroxyl groups is 1. The summed E-state index contributed by atoms with van der Waals surface area (Å²) < 4.78 is 7.07. The van der Waals surface area contributed by atoms with Crippen molar-refractivity contribution >= 4 is 17.0 Å². The lowest BCUT2D eigenvalue weighted by Crippen LogP contribution is -2.39. The Morgan fingerprint density at radius 2 is 1.90 bits per heavy atom. The number of carbonyl (C=O) groups is 1. The molecule has 6 rings (SSSR count). The molecule has 2 N–H and O–H groups in total. The molecule has 0 bridgehead atoms. The number of nitrogens with one attached hydrogen (secondary N) is 1. The number of aliphatic hydroxyl groups excluding tert-OH is 1. The predicted octanol–water partition coefficient (Wildman–Crippen LogP) is 2.63. The fourth-order valence-corrected chi connectivity index (χ4v) is 5.42. The predicted molar refractivity (Wildman–Crippen MR) is 152 cm³/mol. The number of hydrogen-bond acceptors (Lipinski definition) is 8. The lowest BCUT2D eigenvalue weighted by Gasteiger charge is -2.32.